The number of aromatic nitrogens is 1. The third kappa shape index (κ3) is 2.71. The van der Waals surface area contributed by atoms with E-state index in [4.69, 9.17) is 0 Å². The van der Waals surface area contributed by atoms with Crippen LogP contribution in [-0.4, -0.2) is 11.5 Å². The zero-order valence-electron chi connectivity index (χ0n) is 9.47. The Bertz CT molecular complexity index is 508. The van der Waals surface area contributed by atoms with Crippen molar-refractivity contribution in [1.29, 1.82) is 0 Å². The summed E-state index contributed by atoms with van der Waals surface area (Å²) in [6.07, 6.45) is 0.976. The third-order valence-electron chi connectivity index (χ3n) is 2.46. The number of aryl methyl sites for hydroxylation is 1. The molecule has 87 valence electrons. The molecule has 0 spiro atoms. The van der Waals surface area contributed by atoms with Gasteiger partial charge in [0.1, 0.15) is 11.6 Å². The van der Waals surface area contributed by atoms with Gasteiger partial charge in [-0.3, -0.25) is 0 Å². The number of thiazole rings is 1. The molecule has 0 aliphatic rings. The number of hydrogen-bond donors (Lipinski definition) is 0. The monoisotopic (exact) mass is 246 g/mol. The van der Waals surface area contributed by atoms with Gasteiger partial charge >= 0.3 is 6.47 Å². The Balaban J connectivity index is 2.27. The molecule has 0 bridgehead atoms. The summed E-state index contributed by atoms with van der Waals surface area (Å²) in [7, 11) is 0. The van der Waals surface area contributed by atoms with Crippen LogP contribution in [0.2, 0.25) is 0 Å². The maximum Gasteiger partial charge on any atom is 0.417 e. The van der Waals surface area contributed by atoms with Gasteiger partial charge in [0, 0.05) is 10.9 Å². The second kappa shape index (κ2) is 5.59. The molecule has 0 saturated heterocycles. The Morgan fingerprint density at radius 3 is 3.00 bits per heavy atom. The van der Waals surface area contributed by atoms with E-state index in [1.54, 1.807) is 11.3 Å². The van der Waals surface area contributed by atoms with Gasteiger partial charge in [0.15, 0.2) is 0 Å². The number of nitrogens with zero attached hydrogens (tertiary/aromatic N) is 1. The maximum absolute atomic E-state index is 9.98. The molecule has 0 aliphatic heterocycles. The van der Waals surface area contributed by atoms with Crippen LogP contribution < -0.4 is 0 Å². The fraction of sp³-hybridized carbons (Fsp3) is 0.231. The summed E-state index contributed by atoms with van der Waals surface area (Å²) in [5.74, 6) is 0. The van der Waals surface area contributed by atoms with Gasteiger partial charge in [-0.25, -0.2) is 9.78 Å². The van der Waals surface area contributed by atoms with E-state index in [2.05, 4.69) is 28.8 Å². The number of carbonyl (C=O) groups excluding carboxylic acids is 1. The highest BCUT2D eigenvalue weighted by Crippen LogP contribution is 2.27. The molecule has 1 heterocycles. The zero-order chi connectivity index (χ0) is 12.1. The lowest BCUT2D eigenvalue weighted by molar-refractivity contribution is 0.264. The first kappa shape index (κ1) is 11.8. The first-order chi connectivity index (χ1) is 8.35. The van der Waals surface area contributed by atoms with Gasteiger partial charge in [-0.2, -0.15) is 0 Å². The van der Waals surface area contributed by atoms with Gasteiger partial charge in [0.25, 0.3) is 0 Å². The zero-order valence-corrected chi connectivity index (χ0v) is 10.3. The van der Waals surface area contributed by atoms with E-state index in [9.17, 15) is 4.79 Å². The molecule has 0 unspecified atom stereocenters. The van der Waals surface area contributed by atoms with Crippen LogP contribution in [0.1, 0.15) is 18.2 Å². The van der Waals surface area contributed by atoms with E-state index in [1.165, 1.54) is 12.0 Å². The second-order valence-electron chi connectivity index (χ2n) is 3.53. The van der Waals surface area contributed by atoms with Crippen LogP contribution in [0.3, 0.4) is 0 Å². The van der Waals surface area contributed by atoms with Crippen molar-refractivity contribution in [1.82, 2.24) is 4.98 Å². The van der Waals surface area contributed by atoms with Crippen LogP contribution in [0.15, 0.2) is 29.6 Å². The molecule has 3 nitrogen and oxygen atoms in total. The van der Waals surface area contributed by atoms with Crippen LogP contribution in [0, 0.1) is 0 Å². The summed E-state index contributed by atoms with van der Waals surface area (Å²) in [6, 6.07) is 8.20. The third-order valence-corrected chi connectivity index (χ3v) is 3.38. The molecule has 0 atom stereocenters. The van der Waals surface area contributed by atoms with Gasteiger partial charge in [-0.05, 0) is 12.0 Å². The maximum atomic E-state index is 9.98. The van der Waals surface area contributed by atoms with Crippen molar-refractivity contribution in [2.45, 2.75) is 20.0 Å². The highest BCUT2D eigenvalue weighted by Gasteiger charge is 2.08. The summed E-state index contributed by atoms with van der Waals surface area (Å²) in [5, 5.41) is 2.87. The summed E-state index contributed by atoms with van der Waals surface area (Å²) in [5.41, 5.74) is 3.19. The Morgan fingerprint density at radius 2 is 2.24 bits per heavy atom. The molecule has 17 heavy (non-hydrogen) atoms. The van der Waals surface area contributed by atoms with E-state index >= 15 is 0 Å². The normalized spacial score (nSPS) is 10.2. The van der Waals surface area contributed by atoms with Crippen LogP contribution in [-0.2, 0) is 22.6 Å². The topological polar surface area (TPSA) is 39.2 Å². The van der Waals surface area contributed by atoms with Crippen molar-refractivity contribution < 1.29 is 9.53 Å². The lowest BCUT2D eigenvalue weighted by Crippen LogP contribution is -1.91. The Hall–Kier alpha value is -1.68. The number of benzene rings is 1. The summed E-state index contributed by atoms with van der Waals surface area (Å²) in [4.78, 5) is 14.4. The highest BCUT2D eigenvalue weighted by molar-refractivity contribution is 7.13. The molecule has 0 amide bonds. The quantitative estimate of drug-likeness (QED) is 0.814. The first-order valence-electron chi connectivity index (χ1n) is 5.36. The largest absolute Gasteiger partial charge is 0.451 e. The predicted molar refractivity (Wildman–Crippen MR) is 67.4 cm³/mol. The van der Waals surface area contributed by atoms with Crippen LogP contribution >= 0.6 is 11.3 Å². The molecule has 1 radical (unpaired) electrons. The standard InChI is InChI=1S/C13H12NO2S/c1-2-10-5-3-4-6-12(10)13-14-11(8-17-13)7-16-9-15/h3-6,8H,2,7H2,1H3. The second-order valence-corrected chi connectivity index (χ2v) is 4.38. The van der Waals surface area contributed by atoms with Crippen molar-refractivity contribution >= 4 is 17.8 Å². The molecule has 0 aliphatic carbocycles. The lowest BCUT2D eigenvalue weighted by atomic mass is 10.1. The van der Waals surface area contributed by atoms with E-state index in [0.29, 0.717) is 0 Å². The van der Waals surface area contributed by atoms with Crippen LogP contribution in [0.5, 0.6) is 0 Å². The Morgan fingerprint density at radius 1 is 1.41 bits per heavy atom. The SMILES string of the molecule is CCc1ccccc1-c1nc(CO[C]=O)cs1. The minimum Gasteiger partial charge on any atom is -0.451 e. The Kier molecular flexibility index (Phi) is 3.88. The molecular weight excluding hydrogens is 234 g/mol. The predicted octanol–water partition coefficient (Wildman–Crippen LogP) is 2.96. The molecule has 2 aromatic rings. The van der Waals surface area contributed by atoms with Crippen molar-refractivity contribution in [3.63, 3.8) is 0 Å². The summed E-state index contributed by atoms with van der Waals surface area (Å²) >= 11 is 1.56. The molecule has 0 N–H and O–H groups in total. The van der Waals surface area contributed by atoms with E-state index in [-0.39, 0.29) is 6.61 Å². The molecule has 1 aromatic carbocycles. The molecular formula is C13H12NO2S. The molecule has 0 fully saturated rings. The van der Waals surface area contributed by atoms with Crippen molar-refractivity contribution in [3.05, 3.63) is 40.9 Å². The molecule has 4 heteroatoms. The first-order valence-corrected chi connectivity index (χ1v) is 6.24. The minimum atomic E-state index is 0.189. The smallest absolute Gasteiger partial charge is 0.417 e. The average molecular weight is 246 g/mol. The van der Waals surface area contributed by atoms with E-state index in [1.807, 2.05) is 17.5 Å². The van der Waals surface area contributed by atoms with Crippen molar-refractivity contribution in [2.75, 3.05) is 0 Å². The summed E-state index contributed by atoms with van der Waals surface area (Å²) < 4.78 is 4.56. The van der Waals surface area contributed by atoms with Gasteiger partial charge < -0.3 is 4.74 Å². The van der Waals surface area contributed by atoms with Crippen LogP contribution in [0.25, 0.3) is 10.6 Å². The van der Waals surface area contributed by atoms with Crippen LogP contribution in [0.4, 0.5) is 0 Å². The molecule has 2 rings (SSSR count). The fourth-order valence-corrected chi connectivity index (χ4v) is 2.50. The number of ether oxygens (including phenoxy) is 1. The van der Waals surface area contributed by atoms with Gasteiger partial charge in [-0.15, -0.1) is 11.3 Å². The lowest BCUT2D eigenvalue weighted by Gasteiger charge is -2.03. The molecule has 1 aromatic heterocycles. The molecule has 0 saturated carbocycles. The average Bonchev–Trinajstić information content (AvgIpc) is 2.85. The van der Waals surface area contributed by atoms with Gasteiger partial charge in [0.2, 0.25) is 0 Å². The summed E-state index contributed by atoms with van der Waals surface area (Å²) in [6.45, 7) is 3.71. The van der Waals surface area contributed by atoms with E-state index in [0.717, 1.165) is 22.7 Å². The fourth-order valence-electron chi connectivity index (χ4n) is 1.64. The van der Waals surface area contributed by atoms with E-state index < -0.39 is 0 Å². The van der Waals surface area contributed by atoms with Crippen molar-refractivity contribution in [3.8, 4) is 10.6 Å². The highest BCUT2D eigenvalue weighted by atomic mass is 32.1. The van der Waals surface area contributed by atoms with Gasteiger partial charge in [0.05, 0.1) is 5.69 Å². The van der Waals surface area contributed by atoms with Crippen molar-refractivity contribution in [2.24, 2.45) is 0 Å². The number of hydrogen-bond acceptors (Lipinski definition) is 4. The Labute approximate surface area is 104 Å². The minimum absolute atomic E-state index is 0.189. The van der Waals surface area contributed by atoms with Gasteiger partial charge in [-0.1, -0.05) is 31.2 Å². The number of rotatable bonds is 5.